The quantitative estimate of drug-likeness (QED) is 0.786. The van der Waals surface area contributed by atoms with E-state index in [1.54, 1.807) is 0 Å². The maximum absolute atomic E-state index is 11.1. The van der Waals surface area contributed by atoms with Gasteiger partial charge in [0, 0.05) is 17.9 Å². The fourth-order valence-electron chi connectivity index (χ4n) is 2.70. The topological polar surface area (TPSA) is 23.1 Å². The largest absolute Gasteiger partial charge is 0.339 e. The summed E-state index contributed by atoms with van der Waals surface area (Å²) in [6.45, 7) is 0.455. The van der Waals surface area contributed by atoms with Crippen molar-refractivity contribution < 1.29 is 5.11 Å². The van der Waals surface area contributed by atoms with Gasteiger partial charge in [0.15, 0.2) is 0 Å². The first kappa shape index (κ1) is 11.3. The molecule has 91 valence electrons. The molecule has 3 rings (SSSR count). The molecule has 2 nitrogen and oxygen atoms in total. The normalized spacial score (nSPS) is 13.7. The molecule has 2 aromatic rings. The zero-order valence-corrected chi connectivity index (χ0v) is 10.3. The molecule has 0 spiro atoms. The molecule has 2 aromatic carbocycles. The van der Waals surface area contributed by atoms with E-state index in [1.165, 1.54) is 22.5 Å². The first-order chi connectivity index (χ1) is 8.90. The van der Waals surface area contributed by atoms with Gasteiger partial charge in [-0.05, 0) is 36.1 Å². The van der Waals surface area contributed by atoms with Gasteiger partial charge in [0.05, 0.1) is 0 Å². The predicted molar refractivity (Wildman–Crippen MR) is 72.9 cm³/mol. The van der Waals surface area contributed by atoms with Crippen LogP contribution in [0.5, 0.6) is 0 Å². The highest BCUT2D eigenvalue weighted by atomic mass is 16.3. The van der Waals surface area contributed by atoms with Crippen molar-refractivity contribution in [2.24, 2.45) is 0 Å². The van der Waals surface area contributed by atoms with Crippen molar-refractivity contribution in [2.45, 2.75) is 12.8 Å². The lowest BCUT2D eigenvalue weighted by Crippen LogP contribution is -2.21. The summed E-state index contributed by atoms with van der Waals surface area (Å²) in [5, 5.41) is 11.1. The van der Waals surface area contributed by atoms with Crippen LogP contribution in [0.25, 0.3) is 0 Å². The molecule has 1 heterocycles. The van der Waals surface area contributed by atoms with Crippen LogP contribution in [0.15, 0.2) is 48.5 Å². The molecule has 1 aliphatic heterocycles. The number of benzene rings is 2. The van der Waals surface area contributed by atoms with E-state index < -0.39 is 0 Å². The second kappa shape index (κ2) is 4.83. The van der Waals surface area contributed by atoms with Crippen molar-refractivity contribution in [1.29, 1.82) is 0 Å². The number of hydrogen-bond donors (Lipinski definition) is 0. The Morgan fingerprint density at radius 3 is 1.83 bits per heavy atom. The van der Waals surface area contributed by atoms with E-state index in [1.807, 2.05) is 12.1 Å². The van der Waals surface area contributed by atoms with Gasteiger partial charge in [-0.25, -0.2) is 5.11 Å². The molecule has 0 saturated heterocycles. The number of anilines is 2. The minimum absolute atomic E-state index is 0.0807. The molecular weight excluding hydrogens is 222 g/mol. The van der Waals surface area contributed by atoms with Gasteiger partial charge in [-0.2, -0.15) is 0 Å². The number of fused-ring (bicyclic) bond motifs is 2. The van der Waals surface area contributed by atoms with Crippen LogP contribution in [-0.4, -0.2) is 13.2 Å². The fourth-order valence-corrected chi connectivity index (χ4v) is 2.70. The third kappa shape index (κ3) is 1.89. The average Bonchev–Trinajstić information content (AvgIpc) is 2.58. The predicted octanol–water partition coefficient (Wildman–Crippen LogP) is 3.35. The third-order valence-electron chi connectivity index (χ3n) is 3.54. The van der Waals surface area contributed by atoms with E-state index in [0.29, 0.717) is 6.54 Å². The van der Waals surface area contributed by atoms with Crippen LogP contribution in [0.2, 0.25) is 0 Å². The Kier molecular flexibility index (Phi) is 3.03. The summed E-state index contributed by atoms with van der Waals surface area (Å²) in [6, 6.07) is 16.8. The van der Waals surface area contributed by atoms with Crippen LogP contribution in [0.4, 0.5) is 11.4 Å². The highest BCUT2D eigenvalue weighted by Crippen LogP contribution is 2.35. The second-order valence-corrected chi connectivity index (χ2v) is 4.61. The van der Waals surface area contributed by atoms with E-state index in [9.17, 15) is 5.11 Å². The van der Waals surface area contributed by atoms with Gasteiger partial charge >= 0.3 is 0 Å². The summed E-state index contributed by atoms with van der Waals surface area (Å²) in [7, 11) is 0. The van der Waals surface area contributed by atoms with Crippen LogP contribution in [0.3, 0.4) is 0 Å². The molecule has 0 N–H and O–H groups in total. The van der Waals surface area contributed by atoms with Crippen LogP contribution in [-0.2, 0) is 17.9 Å². The van der Waals surface area contributed by atoms with Crippen molar-refractivity contribution in [3.63, 3.8) is 0 Å². The Labute approximate surface area is 107 Å². The highest BCUT2D eigenvalue weighted by Gasteiger charge is 2.19. The molecule has 0 atom stereocenters. The maximum Gasteiger partial charge on any atom is 0.100 e. The van der Waals surface area contributed by atoms with Crippen LogP contribution in [0, 0.1) is 0 Å². The molecule has 0 unspecified atom stereocenters. The number of aryl methyl sites for hydroxylation is 2. The van der Waals surface area contributed by atoms with Crippen molar-refractivity contribution >= 4 is 11.4 Å². The monoisotopic (exact) mass is 238 g/mol. The summed E-state index contributed by atoms with van der Waals surface area (Å²) in [6.07, 6.45) is 2.09. The van der Waals surface area contributed by atoms with Crippen molar-refractivity contribution in [3.05, 3.63) is 59.7 Å². The van der Waals surface area contributed by atoms with E-state index in [2.05, 4.69) is 41.3 Å². The van der Waals surface area contributed by atoms with Gasteiger partial charge in [-0.1, -0.05) is 36.4 Å². The summed E-state index contributed by atoms with van der Waals surface area (Å²) >= 11 is 0. The van der Waals surface area contributed by atoms with E-state index >= 15 is 0 Å². The molecule has 18 heavy (non-hydrogen) atoms. The molecule has 1 aliphatic rings. The molecule has 0 amide bonds. The molecular formula is C16H16NO. The van der Waals surface area contributed by atoms with E-state index in [0.717, 1.165) is 12.8 Å². The van der Waals surface area contributed by atoms with Gasteiger partial charge < -0.3 is 4.90 Å². The Bertz CT molecular complexity index is 503. The number of para-hydroxylation sites is 2. The minimum Gasteiger partial charge on any atom is -0.339 e. The van der Waals surface area contributed by atoms with Crippen molar-refractivity contribution in [2.75, 3.05) is 18.1 Å². The standard InChI is InChI=1S/C16H16NO/c18-12-11-17-15-7-3-1-5-13(15)9-10-14-6-2-4-8-16(14)17/h1-8H,9-12H2. The highest BCUT2D eigenvalue weighted by molar-refractivity contribution is 5.71. The Hall–Kier alpha value is -1.80. The molecule has 0 fully saturated rings. The zero-order valence-electron chi connectivity index (χ0n) is 10.3. The Morgan fingerprint density at radius 2 is 1.33 bits per heavy atom. The number of nitrogens with zero attached hydrogens (tertiary/aromatic N) is 1. The van der Waals surface area contributed by atoms with E-state index in [4.69, 9.17) is 0 Å². The number of hydrogen-bond acceptors (Lipinski definition) is 1. The minimum atomic E-state index is -0.0807. The van der Waals surface area contributed by atoms with Gasteiger partial charge in [0.25, 0.3) is 0 Å². The van der Waals surface area contributed by atoms with Crippen LogP contribution in [0.1, 0.15) is 11.1 Å². The molecule has 0 saturated carbocycles. The average molecular weight is 238 g/mol. The maximum atomic E-state index is 11.1. The second-order valence-electron chi connectivity index (χ2n) is 4.61. The lowest BCUT2D eigenvalue weighted by molar-refractivity contribution is 0.203. The van der Waals surface area contributed by atoms with Crippen LogP contribution >= 0.6 is 0 Å². The number of rotatable bonds is 2. The van der Waals surface area contributed by atoms with Gasteiger partial charge in [-0.15, -0.1) is 0 Å². The van der Waals surface area contributed by atoms with E-state index in [-0.39, 0.29) is 6.61 Å². The molecule has 0 aromatic heterocycles. The third-order valence-corrected chi connectivity index (χ3v) is 3.54. The molecule has 1 radical (unpaired) electrons. The summed E-state index contributed by atoms with van der Waals surface area (Å²) in [5.74, 6) is 0. The van der Waals surface area contributed by atoms with Gasteiger partial charge in [-0.3, -0.25) is 0 Å². The lowest BCUT2D eigenvalue weighted by atomic mass is 10.0. The molecule has 0 aliphatic carbocycles. The fraction of sp³-hybridized carbons (Fsp3) is 0.250. The van der Waals surface area contributed by atoms with Crippen LogP contribution < -0.4 is 4.90 Å². The lowest BCUT2D eigenvalue weighted by Gasteiger charge is -2.25. The van der Waals surface area contributed by atoms with Crippen molar-refractivity contribution in [1.82, 2.24) is 0 Å². The SMILES string of the molecule is [O]CCN1c2ccccc2CCc2ccccc21. The smallest absolute Gasteiger partial charge is 0.100 e. The first-order valence-corrected chi connectivity index (χ1v) is 6.41. The summed E-state index contributed by atoms with van der Waals surface area (Å²) in [4.78, 5) is 2.17. The first-order valence-electron chi connectivity index (χ1n) is 6.41. The Morgan fingerprint density at radius 1 is 0.833 bits per heavy atom. The summed E-state index contributed by atoms with van der Waals surface area (Å²) in [5.41, 5.74) is 5.06. The Balaban J connectivity index is 2.15. The molecule has 0 bridgehead atoms. The van der Waals surface area contributed by atoms with Gasteiger partial charge in [0.1, 0.15) is 6.61 Å². The molecule has 2 heteroatoms. The summed E-state index contributed by atoms with van der Waals surface area (Å²) < 4.78 is 0. The zero-order chi connectivity index (χ0) is 12.4. The van der Waals surface area contributed by atoms with Crippen molar-refractivity contribution in [3.8, 4) is 0 Å². The van der Waals surface area contributed by atoms with Gasteiger partial charge in [0.2, 0.25) is 0 Å².